The molecular formula is C22H28N3O3PS2. The molecule has 1 unspecified atom stereocenters. The molecule has 31 heavy (non-hydrogen) atoms. The van der Waals surface area contributed by atoms with E-state index in [2.05, 4.69) is 35.3 Å². The fourth-order valence-electron chi connectivity index (χ4n) is 3.79. The zero-order valence-electron chi connectivity index (χ0n) is 18.2. The number of para-hydroxylation sites is 2. The maximum atomic E-state index is 13.8. The number of hydrogen-bond donors (Lipinski definition) is 0. The fraction of sp³-hybridized carbons (Fsp3) is 0.409. The summed E-state index contributed by atoms with van der Waals surface area (Å²) in [4.78, 5) is 4.13. The third-order valence-electron chi connectivity index (χ3n) is 5.38. The van der Waals surface area contributed by atoms with Crippen LogP contribution in [0, 0.1) is 0 Å². The highest BCUT2D eigenvalue weighted by molar-refractivity contribution is 8.77. The van der Waals surface area contributed by atoms with Crippen molar-refractivity contribution in [2.75, 3.05) is 30.0 Å². The van der Waals surface area contributed by atoms with Crippen LogP contribution in [0.2, 0.25) is 0 Å². The normalized spacial score (nSPS) is 25.0. The molecule has 166 valence electrons. The summed E-state index contributed by atoms with van der Waals surface area (Å²) < 4.78 is 29.9. The second kappa shape index (κ2) is 9.20. The lowest BCUT2D eigenvalue weighted by Gasteiger charge is -2.30. The third kappa shape index (κ3) is 4.83. The first-order valence-corrected chi connectivity index (χ1v) is 14.0. The molecule has 2 saturated heterocycles. The lowest BCUT2D eigenvalue weighted by Crippen LogP contribution is -2.37. The van der Waals surface area contributed by atoms with E-state index in [1.54, 1.807) is 21.6 Å². The van der Waals surface area contributed by atoms with E-state index in [-0.39, 0.29) is 16.1 Å². The van der Waals surface area contributed by atoms with Gasteiger partial charge in [0.1, 0.15) is 0 Å². The van der Waals surface area contributed by atoms with Crippen molar-refractivity contribution in [1.29, 1.82) is 0 Å². The molecule has 0 aromatic heterocycles. The molecule has 0 N–H and O–H groups in total. The highest BCUT2D eigenvalue weighted by atomic mass is 33.1. The molecule has 2 aliphatic rings. The van der Waals surface area contributed by atoms with Crippen LogP contribution in [0.3, 0.4) is 0 Å². The van der Waals surface area contributed by atoms with Crippen molar-refractivity contribution in [2.45, 2.75) is 36.9 Å². The summed E-state index contributed by atoms with van der Waals surface area (Å²) in [7, 11) is 1.15. The maximum Gasteiger partial charge on any atom is 0.457 e. The minimum atomic E-state index is -3.75. The predicted octanol–water partition coefficient (Wildman–Crippen LogP) is 6.07. The van der Waals surface area contributed by atoms with Gasteiger partial charge in [0, 0.05) is 41.6 Å². The van der Waals surface area contributed by atoms with Crippen molar-refractivity contribution in [3.05, 3.63) is 60.7 Å². The van der Waals surface area contributed by atoms with Gasteiger partial charge in [0.15, 0.2) is 0 Å². The average Bonchev–Trinajstić information content (AvgIpc) is 3.30. The molecule has 9 heteroatoms. The van der Waals surface area contributed by atoms with Crippen LogP contribution >= 0.6 is 29.3 Å². The van der Waals surface area contributed by atoms with Crippen LogP contribution in [0.5, 0.6) is 0 Å². The van der Waals surface area contributed by atoms with E-state index >= 15 is 0 Å². The van der Waals surface area contributed by atoms with E-state index in [1.807, 2.05) is 60.7 Å². The van der Waals surface area contributed by atoms with Crippen molar-refractivity contribution in [3.8, 4) is 0 Å². The highest BCUT2D eigenvalue weighted by Crippen LogP contribution is 2.60. The summed E-state index contributed by atoms with van der Waals surface area (Å²) in [5, 5.41) is 0.183. The van der Waals surface area contributed by atoms with Crippen molar-refractivity contribution in [1.82, 2.24) is 0 Å². The van der Waals surface area contributed by atoms with E-state index < -0.39 is 7.75 Å². The SMILES string of the molecule is COP(=O)(N=C1N(c2ccccc2)CCN1c1ccccc1)O[C@@H]1[C@H](C)SSC1(C)C. The summed E-state index contributed by atoms with van der Waals surface area (Å²) in [5.74, 6) is 0.575. The Hall–Kier alpha value is -1.44. The van der Waals surface area contributed by atoms with Gasteiger partial charge in [0.2, 0.25) is 5.96 Å². The van der Waals surface area contributed by atoms with Crippen molar-refractivity contribution >= 4 is 46.7 Å². The Balaban J connectivity index is 1.73. The molecule has 4 rings (SSSR count). The van der Waals surface area contributed by atoms with Crippen LogP contribution in [-0.2, 0) is 13.6 Å². The fourth-order valence-corrected chi connectivity index (χ4v) is 8.45. The van der Waals surface area contributed by atoms with E-state index in [0.717, 1.165) is 24.5 Å². The molecule has 0 spiro atoms. The number of benzene rings is 2. The van der Waals surface area contributed by atoms with Crippen molar-refractivity contribution in [3.63, 3.8) is 0 Å². The van der Waals surface area contributed by atoms with Gasteiger partial charge in [-0.05, 0) is 45.0 Å². The molecule has 2 fully saturated rings. The topological polar surface area (TPSA) is 54.4 Å². The van der Waals surface area contributed by atoms with Crippen LogP contribution in [0.15, 0.2) is 65.4 Å². The lowest BCUT2D eigenvalue weighted by atomic mass is 10.0. The van der Waals surface area contributed by atoms with Gasteiger partial charge >= 0.3 is 7.75 Å². The Morgan fingerprint density at radius 3 is 1.94 bits per heavy atom. The number of nitrogens with zero attached hydrogens (tertiary/aromatic N) is 3. The molecule has 0 radical (unpaired) electrons. The van der Waals surface area contributed by atoms with E-state index in [9.17, 15) is 4.57 Å². The molecule has 0 amide bonds. The molecule has 2 aliphatic heterocycles. The van der Waals surface area contributed by atoms with Gasteiger partial charge in [-0.25, -0.2) is 4.57 Å². The Morgan fingerprint density at radius 2 is 1.52 bits per heavy atom. The predicted molar refractivity (Wildman–Crippen MR) is 133 cm³/mol. The summed E-state index contributed by atoms with van der Waals surface area (Å²) in [6, 6.07) is 20.0. The van der Waals surface area contributed by atoms with Gasteiger partial charge < -0.3 is 9.80 Å². The number of hydrogen-bond acceptors (Lipinski definition) is 5. The summed E-state index contributed by atoms with van der Waals surface area (Å²) in [6.45, 7) is 7.74. The highest BCUT2D eigenvalue weighted by Gasteiger charge is 2.47. The summed E-state index contributed by atoms with van der Waals surface area (Å²) in [6.07, 6.45) is -0.241. The molecule has 0 saturated carbocycles. The van der Waals surface area contributed by atoms with E-state index in [4.69, 9.17) is 9.05 Å². The van der Waals surface area contributed by atoms with Crippen LogP contribution in [0.1, 0.15) is 20.8 Å². The quantitative estimate of drug-likeness (QED) is 0.370. The molecular weight excluding hydrogens is 449 g/mol. The lowest BCUT2D eigenvalue weighted by molar-refractivity contribution is 0.140. The number of anilines is 2. The molecule has 3 atom stereocenters. The van der Waals surface area contributed by atoms with Crippen molar-refractivity contribution in [2.24, 2.45) is 4.76 Å². The largest absolute Gasteiger partial charge is 0.457 e. The van der Waals surface area contributed by atoms with Gasteiger partial charge in [0.05, 0.1) is 6.10 Å². The minimum Gasteiger partial charge on any atom is -0.310 e. The minimum absolute atomic E-state index is 0.183. The first kappa shape index (κ1) is 22.7. The van der Waals surface area contributed by atoms with Gasteiger partial charge in [-0.3, -0.25) is 9.05 Å². The summed E-state index contributed by atoms with van der Waals surface area (Å²) >= 11 is 0. The standard InChI is InChI=1S/C22H28N3O3PS2/c1-17-20(22(2,3)31-30-17)28-29(26,27-4)23-21-24(18-11-7-5-8-12-18)15-16-25(21)19-13-9-6-10-14-19/h5-14,17,20H,15-16H2,1-4H3/t17-,20+,29?/m0/s1. The monoisotopic (exact) mass is 477 g/mol. The summed E-state index contributed by atoms with van der Waals surface area (Å²) in [5.41, 5.74) is 1.98. The third-order valence-corrected chi connectivity index (χ3v) is 10.6. The Morgan fingerprint density at radius 1 is 1.00 bits per heavy atom. The second-order valence-electron chi connectivity index (χ2n) is 8.04. The molecule has 2 aromatic carbocycles. The van der Waals surface area contributed by atoms with E-state index in [0.29, 0.717) is 5.96 Å². The van der Waals surface area contributed by atoms with Crippen LogP contribution in [0.25, 0.3) is 0 Å². The average molecular weight is 478 g/mol. The second-order valence-corrected chi connectivity index (χ2v) is 13.0. The first-order chi connectivity index (χ1) is 14.8. The van der Waals surface area contributed by atoms with Gasteiger partial charge in [-0.2, -0.15) is 0 Å². The van der Waals surface area contributed by atoms with Crippen LogP contribution in [-0.4, -0.2) is 42.3 Å². The zero-order chi connectivity index (χ0) is 22.1. The number of guanidine groups is 1. The zero-order valence-corrected chi connectivity index (χ0v) is 20.7. The molecule has 6 nitrogen and oxygen atoms in total. The number of rotatable bonds is 6. The molecule has 2 aromatic rings. The smallest absolute Gasteiger partial charge is 0.310 e. The Bertz CT molecular complexity index is 925. The Labute approximate surface area is 192 Å². The maximum absolute atomic E-state index is 13.8. The molecule has 0 bridgehead atoms. The Kier molecular flexibility index (Phi) is 6.75. The molecule has 0 aliphatic carbocycles. The molecule has 2 heterocycles. The first-order valence-electron chi connectivity index (χ1n) is 10.3. The van der Waals surface area contributed by atoms with Crippen LogP contribution in [0.4, 0.5) is 11.4 Å². The van der Waals surface area contributed by atoms with E-state index in [1.165, 1.54) is 7.11 Å². The van der Waals surface area contributed by atoms with Crippen LogP contribution < -0.4 is 9.80 Å². The van der Waals surface area contributed by atoms with Gasteiger partial charge in [-0.1, -0.05) is 58.0 Å². The van der Waals surface area contributed by atoms with Gasteiger partial charge in [0.25, 0.3) is 0 Å². The van der Waals surface area contributed by atoms with Crippen molar-refractivity contribution < 1.29 is 13.6 Å². The van der Waals surface area contributed by atoms with Gasteiger partial charge in [-0.15, -0.1) is 4.76 Å².